The van der Waals surface area contributed by atoms with Gasteiger partial charge in [0.25, 0.3) is 5.91 Å². The van der Waals surface area contributed by atoms with Crippen molar-refractivity contribution in [2.45, 2.75) is 6.92 Å². The first kappa shape index (κ1) is 17.7. The molecule has 1 amide bonds. The van der Waals surface area contributed by atoms with E-state index in [1.54, 1.807) is 11.3 Å². The number of carbonyl (C=O) groups is 1. The Morgan fingerprint density at radius 2 is 1.89 bits per heavy atom. The average Bonchev–Trinajstić information content (AvgIpc) is 3.15. The third kappa shape index (κ3) is 3.57. The Bertz CT molecular complexity index is 977. The molecule has 0 atom stereocenters. The first-order chi connectivity index (χ1) is 13.0. The molecule has 4 rings (SSSR count). The van der Waals surface area contributed by atoms with E-state index in [-0.39, 0.29) is 5.91 Å². The Kier molecular flexibility index (Phi) is 4.65. The number of aryl methyl sites for hydroxylation is 1. The molecular weight excluding hydrogens is 360 g/mol. The number of benzene rings is 1. The molecule has 7 nitrogen and oxygen atoms in total. The molecule has 140 valence electrons. The van der Waals surface area contributed by atoms with Crippen molar-refractivity contribution in [2.24, 2.45) is 0 Å². The number of hydrogen-bond acceptors (Lipinski definition) is 7. The van der Waals surface area contributed by atoms with Gasteiger partial charge in [0.15, 0.2) is 0 Å². The molecule has 0 aliphatic carbocycles. The Hall–Kier alpha value is -2.74. The molecule has 0 spiro atoms. The van der Waals surface area contributed by atoms with Gasteiger partial charge >= 0.3 is 0 Å². The van der Waals surface area contributed by atoms with E-state index in [0.717, 1.165) is 46.3 Å². The van der Waals surface area contributed by atoms with Gasteiger partial charge < -0.3 is 14.7 Å². The second-order valence-corrected chi connectivity index (χ2v) is 7.76. The van der Waals surface area contributed by atoms with Gasteiger partial charge in [-0.25, -0.2) is 9.97 Å². The van der Waals surface area contributed by atoms with Crippen molar-refractivity contribution in [1.29, 1.82) is 0 Å². The summed E-state index contributed by atoms with van der Waals surface area (Å²) in [5.74, 6) is 1.70. The molecule has 1 saturated heterocycles. The zero-order valence-corrected chi connectivity index (χ0v) is 16.5. The topological polar surface area (TPSA) is 65.5 Å². The molecule has 0 radical (unpaired) electrons. The van der Waals surface area contributed by atoms with Crippen molar-refractivity contribution in [1.82, 2.24) is 19.9 Å². The Morgan fingerprint density at radius 1 is 1.11 bits per heavy atom. The molecule has 2 aromatic heterocycles. The van der Waals surface area contributed by atoms with Gasteiger partial charge in [-0.15, -0.1) is 11.3 Å². The van der Waals surface area contributed by atoms with Crippen LogP contribution in [-0.2, 0) is 0 Å². The Labute approximate surface area is 162 Å². The minimum atomic E-state index is 0.0732. The van der Waals surface area contributed by atoms with Crippen LogP contribution in [0.15, 0.2) is 29.8 Å². The fraction of sp³-hybridized carbons (Fsp3) is 0.368. The molecule has 0 saturated carbocycles. The van der Waals surface area contributed by atoms with E-state index in [1.165, 1.54) is 0 Å². The summed E-state index contributed by atoms with van der Waals surface area (Å²) >= 11 is 1.56. The van der Waals surface area contributed by atoms with Gasteiger partial charge in [-0.3, -0.25) is 4.79 Å². The summed E-state index contributed by atoms with van der Waals surface area (Å²) in [5.41, 5.74) is 4.42. The number of rotatable bonds is 3. The molecule has 1 aliphatic heterocycles. The van der Waals surface area contributed by atoms with Crippen LogP contribution in [0.4, 0.5) is 11.8 Å². The molecule has 3 aromatic rings. The minimum absolute atomic E-state index is 0.0732. The SMILES string of the molecule is Cc1cc(N(C)C)nc(N2CCN(C(=O)c3ccc4ncsc4c3)CC2)n1. The summed E-state index contributed by atoms with van der Waals surface area (Å²) < 4.78 is 1.05. The molecule has 1 aliphatic rings. The number of anilines is 2. The largest absolute Gasteiger partial charge is 0.363 e. The average molecular weight is 382 g/mol. The predicted octanol–water partition coefficient (Wildman–Crippen LogP) is 2.42. The van der Waals surface area contributed by atoms with E-state index in [1.807, 2.05) is 60.6 Å². The van der Waals surface area contributed by atoms with Crippen molar-refractivity contribution < 1.29 is 4.79 Å². The van der Waals surface area contributed by atoms with E-state index in [4.69, 9.17) is 0 Å². The van der Waals surface area contributed by atoms with Crippen LogP contribution in [0.1, 0.15) is 16.1 Å². The zero-order chi connectivity index (χ0) is 19.0. The number of piperazine rings is 1. The second kappa shape index (κ2) is 7.11. The first-order valence-electron chi connectivity index (χ1n) is 8.92. The van der Waals surface area contributed by atoms with Gasteiger partial charge in [0.1, 0.15) is 5.82 Å². The third-order valence-corrected chi connectivity index (χ3v) is 5.51. The number of nitrogens with zero attached hydrogens (tertiary/aromatic N) is 6. The van der Waals surface area contributed by atoms with E-state index in [0.29, 0.717) is 13.1 Å². The highest BCUT2D eigenvalue weighted by atomic mass is 32.1. The number of thiazole rings is 1. The first-order valence-corrected chi connectivity index (χ1v) is 9.80. The van der Waals surface area contributed by atoms with Crippen LogP contribution < -0.4 is 9.80 Å². The lowest BCUT2D eigenvalue weighted by molar-refractivity contribution is 0.0746. The number of amides is 1. The molecule has 1 fully saturated rings. The number of carbonyl (C=O) groups excluding carboxylic acids is 1. The van der Waals surface area contributed by atoms with Crippen molar-refractivity contribution in [3.05, 3.63) is 41.0 Å². The fourth-order valence-corrected chi connectivity index (χ4v) is 3.90. The third-order valence-electron chi connectivity index (χ3n) is 4.72. The number of fused-ring (bicyclic) bond motifs is 1. The van der Waals surface area contributed by atoms with Gasteiger partial charge in [0.05, 0.1) is 15.7 Å². The highest BCUT2D eigenvalue weighted by Crippen LogP contribution is 2.21. The lowest BCUT2D eigenvalue weighted by atomic mass is 10.1. The summed E-state index contributed by atoms with van der Waals surface area (Å²) in [6, 6.07) is 7.69. The molecule has 0 N–H and O–H groups in total. The van der Waals surface area contributed by atoms with E-state index < -0.39 is 0 Å². The van der Waals surface area contributed by atoms with Crippen LogP contribution >= 0.6 is 11.3 Å². The molecular formula is C19H22N6OS. The maximum absolute atomic E-state index is 12.9. The molecule has 3 heterocycles. The molecule has 1 aromatic carbocycles. The van der Waals surface area contributed by atoms with Crippen LogP contribution in [-0.4, -0.2) is 66.0 Å². The van der Waals surface area contributed by atoms with Crippen LogP contribution in [0, 0.1) is 6.92 Å². The standard InChI is InChI=1S/C19H22N6OS/c1-13-10-17(23(2)3)22-19(21-13)25-8-6-24(7-9-25)18(26)14-4-5-15-16(11-14)27-12-20-15/h4-5,10-12H,6-9H2,1-3H3. The quantitative estimate of drug-likeness (QED) is 0.693. The van der Waals surface area contributed by atoms with Crippen LogP contribution in [0.2, 0.25) is 0 Å². The highest BCUT2D eigenvalue weighted by molar-refractivity contribution is 7.16. The summed E-state index contributed by atoms with van der Waals surface area (Å²) in [6.07, 6.45) is 0. The van der Waals surface area contributed by atoms with Crippen LogP contribution in [0.3, 0.4) is 0 Å². The molecule has 0 bridgehead atoms. The highest BCUT2D eigenvalue weighted by Gasteiger charge is 2.24. The monoisotopic (exact) mass is 382 g/mol. The fourth-order valence-electron chi connectivity index (χ4n) is 3.19. The van der Waals surface area contributed by atoms with Gasteiger partial charge in [-0.05, 0) is 25.1 Å². The van der Waals surface area contributed by atoms with Gasteiger partial charge in [0, 0.05) is 57.6 Å². The van der Waals surface area contributed by atoms with Gasteiger partial charge in [-0.2, -0.15) is 4.98 Å². The maximum atomic E-state index is 12.9. The van der Waals surface area contributed by atoms with Crippen molar-refractivity contribution in [3.63, 3.8) is 0 Å². The van der Waals surface area contributed by atoms with E-state index in [9.17, 15) is 4.79 Å². The van der Waals surface area contributed by atoms with Crippen molar-refractivity contribution in [2.75, 3.05) is 50.1 Å². The lowest BCUT2D eigenvalue weighted by Gasteiger charge is -2.35. The van der Waals surface area contributed by atoms with Crippen LogP contribution in [0.25, 0.3) is 10.2 Å². The van der Waals surface area contributed by atoms with Crippen molar-refractivity contribution >= 4 is 39.2 Å². The van der Waals surface area contributed by atoms with E-state index in [2.05, 4.69) is 19.9 Å². The summed E-state index contributed by atoms with van der Waals surface area (Å²) in [6.45, 7) is 4.76. The molecule has 27 heavy (non-hydrogen) atoms. The predicted molar refractivity (Wildman–Crippen MR) is 109 cm³/mol. The van der Waals surface area contributed by atoms with Gasteiger partial charge in [0.2, 0.25) is 5.95 Å². The van der Waals surface area contributed by atoms with E-state index >= 15 is 0 Å². The minimum Gasteiger partial charge on any atom is -0.363 e. The maximum Gasteiger partial charge on any atom is 0.254 e. The normalized spacial score (nSPS) is 14.6. The summed E-state index contributed by atoms with van der Waals surface area (Å²) in [5, 5.41) is 0. The smallest absolute Gasteiger partial charge is 0.254 e. The Balaban J connectivity index is 1.46. The number of aromatic nitrogens is 3. The summed E-state index contributed by atoms with van der Waals surface area (Å²) in [7, 11) is 3.95. The van der Waals surface area contributed by atoms with Crippen molar-refractivity contribution in [3.8, 4) is 0 Å². The second-order valence-electron chi connectivity index (χ2n) is 6.88. The molecule has 0 unspecified atom stereocenters. The lowest BCUT2D eigenvalue weighted by Crippen LogP contribution is -2.49. The number of hydrogen-bond donors (Lipinski definition) is 0. The Morgan fingerprint density at radius 3 is 2.63 bits per heavy atom. The zero-order valence-electron chi connectivity index (χ0n) is 15.7. The van der Waals surface area contributed by atoms with Crippen LogP contribution in [0.5, 0.6) is 0 Å². The van der Waals surface area contributed by atoms with Gasteiger partial charge in [-0.1, -0.05) is 0 Å². The molecule has 8 heteroatoms. The summed E-state index contributed by atoms with van der Waals surface area (Å²) in [4.78, 5) is 32.4.